The Labute approximate surface area is 160 Å². The highest BCUT2D eigenvalue weighted by Crippen LogP contribution is 2.28. The first-order chi connectivity index (χ1) is 12.9. The number of rotatable bonds is 6. The molecule has 0 spiro atoms. The highest BCUT2D eigenvalue weighted by atomic mass is 16.3. The fourth-order valence-electron chi connectivity index (χ4n) is 3.42. The van der Waals surface area contributed by atoms with Gasteiger partial charge in [-0.05, 0) is 73.9 Å². The molecule has 0 amide bonds. The van der Waals surface area contributed by atoms with Gasteiger partial charge in [-0.15, -0.1) is 0 Å². The van der Waals surface area contributed by atoms with Gasteiger partial charge in [0.25, 0.3) is 0 Å². The summed E-state index contributed by atoms with van der Waals surface area (Å²) in [6, 6.07) is 17.0. The van der Waals surface area contributed by atoms with Crippen molar-refractivity contribution in [3.63, 3.8) is 0 Å². The van der Waals surface area contributed by atoms with Gasteiger partial charge in [0, 0.05) is 0 Å². The number of hydrogen-bond donors (Lipinski definition) is 3. The lowest BCUT2D eigenvalue weighted by molar-refractivity contribution is 0.455. The zero-order chi connectivity index (χ0) is 19.4. The molecule has 0 unspecified atom stereocenters. The van der Waals surface area contributed by atoms with Crippen molar-refractivity contribution in [2.75, 3.05) is 0 Å². The van der Waals surface area contributed by atoms with E-state index in [0.717, 1.165) is 33.4 Å². The third-order valence-electron chi connectivity index (χ3n) is 5.00. The fraction of sp³-hybridized carbons (Fsp3) is 0.250. The van der Waals surface area contributed by atoms with Gasteiger partial charge in [0.05, 0.1) is 0 Å². The SMILES string of the molecule is Cc1ccc(O)c(CCc2cccc(CCc3cc(C)ccc3O)c2O)c1. The van der Waals surface area contributed by atoms with E-state index in [0.29, 0.717) is 42.9 Å². The first kappa shape index (κ1) is 18.8. The molecule has 0 saturated heterocycles. The first-order valence-electron chi connectivity index (χ1n) is 9.31. The van der Waals surface area contributed by atoms with Crippen molar-refractivity contribution in [1.82, 2.24) is 0 Å². The van der Waals surface area contributed by atoms with E-state index in [9.17, 15) is 15.3 Å². The summed E-state index contributed by atoms with van der Waals surface area (Å²) in [5.74, 6) is 0.911. The lowest BCUT2D eigenvalue weighted by atomic mass is 9.96. The zero-order valence-corrected chi connectivity index (χ0v) is 15.9. The van der Waals surface area contributed by atoms with Crippen LogP contribution in [0.5, 0.6) is 17.2 Å². The number of phenols is 3. The largest absolute Gasteiger partial charge is 0.508 e. The third kappa shape index (κ3) is 4.62. The van der Waals surface area contributed by atoms with Gasteiger partial charge in [-0.25, -0.2) is 0 Å². The summed E-state index contributed by atoms with van der Waals surface area (Å²) >= 11 is 0. The maximum absolute atomic E-state index is 10.7. The normalized spacial score (nSPS) is 10.9. The molecule has 3 aromatic carbocycles. The van der Waals surface area contributed by atoms with Crippen molar-refractivity contribution < 1.29 is 15.3 Å². The van der Waals surface area contributed by atoms with Gasteiger partial charge in [0.1, 0.15) is 17.2 Å². The molecule has 3 nitrogen and oxygen atoms in total. The Morgan fingerprint density at radius 1 is 0.556 bits per heavy atom. The molecular formula is C24H26O3. The van der Waals surface area contributed by atoms with Gasteiger partial charge >= 0.3 is 0 Å². The van der Waals surface area contributed by atoms with Crippen LogP contribution in [-0.2, 0) is 25.7 Å². The highest BCUT2D eigenvalue weighted by molar-refractivity contribution is 5.43. The van der Waals surface area contributed by atoms with Crippen LogP contribution in [0.15, 0.2) is 54.6 Å². The topological polar surface area (TPSA) is 60.7 Å². The van der Waals surface area contributed by atoms with Gasteiger partial charge in [-0.2, -0.15) is 0 Å². The summed E-state index contributed by atoms with van der Waals surface area (Å²) in [5.41, 5.74) is 5.76. The van der Waals surface area contributed by atoms with Crippen LogP contribution >= 0.6 is 0 Å². The smallest absolute Gasteiger partial charge is 0.121 e. The van der Waals surface area contributed by atoms with E-state index in [4.69, 9.17) is 0 Å². The maximum atomic E-state index is 10.7. The molecule has 0 bridgehead atoms. The molecule has 0 heterocycles. The Bertz CT molecular complexity index is 871. The summed E-state index contributed by atoms with van der Waals surface area (Å²) < 4.78 is 0. The van der Waals surface area contributed by atoms with Crippen LogP contribution in [0.4, 0.5) is 0 Å². The molecule has 3 N–H and O–H groups in total. The molecular weight excluding hydrogens is 336 g/mol. The molecule has 0 radical (unpaired) electrons. The average Bonchev–Trinajstić information content (AvgIpc) is 2.65. The molecule has 3 aromatic rings. The summed E-state index contributed by atoms with van der Waals surface area (Å²) in [5, 5.41) is 30.7. The Morgan fingerprint density at radius 2 is 0.963 bits per heavy atom. The third-order valence-corrected chi connectivity index (χ3v) is 5.00. The molecule has 0 fully saturated rings. The minimum atomic E-state index is 0.297. The van der Waals surface area contributed by atoms with Crippen molar-refractivity contribution in [3.8, 4) is 17.2 Å². The van der Waals surface area contributed by atoms with E-state index < -0.39 is 0 Å². The van der Waals surface area contributed by atoms with Gasteiger partial charge in [0.15, 0.2) is 0 Å². The minimum absolute atomic E-state index is 0.297. The molecule has 0 atom stereocenters. The number of benzene rings is 3. The van der Waals surface area contributed by atoms with E-state index in [1.165, 1.54) is 0 Å². The van der Waals surface area contributed by atoms with Crippen LogP contribution in [0.25, 0.3) is 0 Å². The van der Waals surface area contributed by atoms with Crippen molar-refractivity contribution >= 4 is 0 Å². The molecule has 140 valence electrons. The summed E-state index contributed by atoms with van der Waals surface area (Å²) in [6.45, 7) is 4.00. The highest BCUT2D eigenvalue weighted by Gasteiger charge is 2.10. The van der Waals surface area contributed by atoms with E-state index >= 15 is 0 Å². The second-order valence-corrected chi connectivity index (χ2v) is 7.19. The molecule has 0 aliphatic carbocycles. The molecule has 3 heteroatoms. The predicted molar refractivity (Wildman–Crippen MR) is 109 cm³/mol. The van der Waals surface area contributed by atoms with Crippen LogP contribution in [0.1, 0.15) is 33.4 Å². The van der Waals surface area contributed by atoms with Crippen molar-refractivity contribution in [3.05, 3.63) is 88.0 Å². The van der Waals surface area contributed by atoms with Crippen LogP contribution in [0.3, 0.4) is 0 Å². The Balaban J connectivity index is 1.72. The van der Waals surface area contributed by atoms with Crippen LogP contribution in [0.2, 0.25) is 0 Å². The van der Waals surface area contributed by atoms with Gasteiger partial charge in [0.2, 0.25) is 0 Å². The molecule has 0 aliphatic rings. The van der Waals surface area contributed by atoms with E-state index in [-0.39, 0.29) is 0 Å². The number of phenolic OH excluding ortho intramolecular Hbond substituents is 3. The van der Waals surface area contributed by atoms with Crippen LogP contribution in [-0.4, -0.2) is 15.3 Å². The monoisotopic (exact) mass is 362 g/mol. The summed E-state index contributed by atoms with van der Waals surface area (Å²) in [6.07, 6.45) is 2.66. The Kier molecular flexibility index (Phi) is 5.70. The minimum Gasteiger partial charge on any atom is -0.508 e. The van der Waals surface area contributed by atoms with E-state index in [1.807, 2.05) is 56.3 Å². The number of aromatic hydroxyl groups is 3. The Morgan fingerprint density at radius 3 is 1.41 bits per heavy atom. The van der Waals surface area contributed by atoms with E-state index in [2.05, 4.69) is 0 Å². The zero-order valence-electron chi connectivity index (χ0n) is 15.9. The lowest BCUT2D eigenvalue weighted by Crippen LogP contribution is -1.98. The lowest BCUT2D eigenvalue weighted by Gasteiger charge is -2.12. The van der Waals surface area contributed by atoms with Crippen LogP contribution in [0, 0.1) is 13.8 Å². The number of aryl methyl sites for hydroxylation is 6. The van der Waals surface area contributed by atoms with E-state index in [1.54, 1.807) is 12.1 Å². The predicted octanol–water partition coefficient (Wildman–Crippen LogP) is 4.99. The quantitative estimate of drug-likeness (QED) is 0.579. The van der Waals surface area contributed by atoms with Crippen LogP contribution < -0.4 is 0 Å². The van der Waals surface area contributed by atoms with Gasteiger partial charge < -0.3 is 15.3 Å². The molecule has 0 aliphatic heterocycles. The summed E-state index contributed by atoms with van der Waals surface area (Å²) in [4.78, 5) is 0. The second-order valence-electron chi connectivity index (χ2n) is 7.19. The van der Waals surface area contributed by atoms with Gasteiger partial charge in [-0.3, -0.25) is 0 Å². The van der Waals surface area contributed by atoms with Gasteiger partial charge in [-0.1, -0.05) is 53.6 Å². The average molecular weight is 362 g/mol. The summed E-state index contributed by atoms with van der Waals surface area (Å²) in [7, 11) is 0. The molecule has 0 saturated carbocycles. The Hall–Kier alpha value is -2.94. The first-order valence-corrected chi connectivity index (χ1v) is 9.31. The second kappa shape index (κ2) is 8.17. The molecule has 3 rings (SSSR count). The van der Waals surface area contributed by atoms with Crippen molar-refractivity contribution in [1.29, 1.82) is 0 Å². The van der Waals surface area contributed by atoms with Crippen molar-refractivity contribution in [2.45, 2.75) is 39.5 Å². The number of hydrogen-bond acceptors (Lipinski definition) is 3. The number of para-hydroxylation sites is 1. The maximum Gasteiger partial charge on any atom is 0.121 e. The standard InChI is InChI=1S/C24H26O3/c1-16-6-12-22(25)20(14-16)10-8-18-4-3-5-19(24(18)27)9-11-21-15-17(2)7-13-23(21)26/h3-7,12-15,25-27H,8-11H2,1-2H3. The fourth-order valence-corrected chi connectivity index (χ4v) is 3.42. The van der Waals surface area contributed by atoms with Crippen molar-refractivity contribution in [2.24, 2.45) is 0 Å². The molecule has 0 aromatic heterocycles. The molecule has 27 heavy (non-hydrogen) atoms.